The normalized spacial score (nSPS) is 10.2. The van der Waals surface area contributed by atoms with Crippen molar-refractivity contribution in [2.45, 2.75) is 0 Å². The first-order valence-corrected chi connectivity index (χ1v) is 5.63. The van der Waals surface area contributed by atoms with Gasteiger partial charge in [-0.25, -0.2) is 4.39 Å². The minimum atomic E-state index is -0.676. The number of phenols is 2. The molecule has 0 radical (unpaired) electrons. The zero-order chi connectivity index (χ0) is 14.0. The van der Waals surface area contributed by atoms with Gasteiger partial charge < -0.3 is 15.5 Å². The predicted molar refractivity (Wildman–Crippen MR) is 69.1 cm³/mol. The van der Waals surface area contributed by atoms with E-state index in [1.54, 1.807) is 0 Å². The van der Waals surface area contributed by atoms with Crippen LogP contribution in [0, 0.1) is 5.82 Å². The van der Waals surface area contributed by atoms with Crippen LogP contribution in [-0.2, 0) is 0 Å². The molecule has 2 aromatic carbocycles. The number of nitrogens with one attached hydrogen (secondary N) is 1. The van der Waals surface area contributed by atoms with E-state index in [2.05, 4.69) is 5.32 Å². The molecule has 4 nitrogen and oxygen atoms in total. The van der Waals surface area contributed by atoms with Crippen molar-refractivity contribution in [2.24, 2.45) is 0 Å². The lowest BCUT2D eigenvalue weighted by molar-refractivity contribution is 0.102. The smallest absolute Gasteiger partial charge is 0.256 e. The first-order valence-electron chi connectivity index (χ1n) is 5.25. The maximum Gasteiger partial charge on any atom is 0.256 e. The molecule has 0 spiro atoms. The third-order valence-electron chi connectivity index (χ3n) is 2.34. The van der Waals surface area contributed by atoms with Gasteiger partial charge in [0.05, 0.1) is 5.69 Å². The molecule has 19 heavy (non-hydrogen) atoms. The number of benzene rings is 2. The van der Waals surface area contributed by atoms with Crippen LogP contribution in [0.2, 0.25) is 5.02 Å². The average Bonchev–Trinajstić information content (AvgIpc) is 2.31. The molecule has 0 aliphatic carbocycles. The standard InChI is InChI=1S/C13H9ClFNO3/c14-8-1-2-12(11(15)5-8)16-13(19)7-3-9(17)6-10(18)4-7/h1-6,17-18H,(H,16,19). The quantitative estimate of drug-likeness (QED) is 0.792. The van der Waals surface area contributed by atoms with Gasteiger partial charge in [0, 0.05) is 16.7 Å². The number of amides is 1. The number of carbonyl (C=O) groups excluding carboxylic acids is 1. The molecule has 0 heterocycles. The topological polar surface area (TPSA) is 69.6 Å². The number of rotatable bonds is 2. The van der Waals surface area contributed by atoms with Gasteiger partial charge in [-0.15, -0.1) is 0 Å². The summed E-state index contributed by atoms with van der Waals surface area (Å²) in [6.07, 6.45) is 0. The maximum atomic E-state index is 13.5. The second-order valence-electron chi connectivity index (χ2n) is 3.82. The van der Waals surface area contributed by atoms with E-state index in [0.717, 1.165) is 24.3 Å². The molecular weight excluding hydrogens is 273 g/mol. The van der Waals surface area contributed by atoms with E-state index in [1.165, 1.54) is 12.1 Å². The Balaban J connectivity index is 2.25. The lowest BCUT2D eigenvalue weighted by Crippen LogP contribution is -2.12. The lowest BCUT2D eigenvalue weighted by atomic mass is 10.2. The summed E-state index contributed by atoms with van der Waals surface area (Å²) >= 11 is 5.59. The number of halogens is 2. The fourth-order valence-electron chi connectivity index (χ4n) is 1.51. The molecule has 0 atom stereocenters. The van der Waals surface area contributed by atoms with Crippen molar-refractivity contribution in [1.82, 2.24) is 0 Å². The van der Waals surface area contributed by atoms with Crippen molar-refractivity contribution < 1.29 is 19.4 Å². The van der Waals surface area contributed by atoms with Gasteiger partial charge >= 0.3 is 0 Å². The first-order chi connectivity index (χ1) is 8.95. The summed E-state index contributed by atoms with van der Waals surface area (Å²) in [6.45, 7) is 0. The van der Waals surface area contributed by atoms with Crippen LogP contribution in [0.5, 0.6) is 11.5 Å². The highest BCUT2D eigenvalue weighted by atomic mass is 35.5. The SMILES string of the molecule is O=C(Nc1ccc(Cl)cc1F)c1cc(O)cc(O)c1. The number of hydrogen-bond donors (Lipinski definition) is 3. The fourth-order valence-corrected chi connectivity index (χ4v) is 1.67. The van der Waals surface area contributed by atoms with Crippen LogP contribution in [0.1, 0.15) is 10.4 Å². The Labute approximate surface area is 113 Å². The summed E-state index contributed by atoms with van der Waals surface area (Å²) in [5, 5.41) is 21.1. The van der Waals surface area contributed by atoms with E-state index in [1.807, 2.05) is 0 Å². The minimum absolute atomic E-state index is 0.00634. The summed E-state index contributed by atoms with van der Waals surface area (Å²) in [6, 6.07) is 7.21. The van der Waals surface area contributed by atoms with Crippen molar-refractivity contribution in [2.75, 3.05) is 5.32 Å². The first kappa shape index (κ1) is 13.2. The Morgan fingerprint density at radius 3 is 2.32 bits per heavy atom. The van der Waals surface area contributed by atoms with E-state index in [-0.39, 0.29) is 27.8 Å². The van der Waals surface area contributed by atoms with E-state index in [4.69, 9.17) is 11.6 Å². The van der Waals surface area contributed by atoms with Gasteiger partial charge in [0.25, 0.3) is 5.91 Å². The molecule has 0 aromatic heterocycles. The molecule has 0 fully saturated rings. The molecule has 0 saturated heterocycles. The molecule has 0 aliphatic heterocycles. The van der Waals surface area contributed by atoms with Gasteiger partial charge in [-0.1, -0.05) is 11.6 Å². The summed E-state index contributed by atoms with van der Waals surface area (Å²) in [5.74, 6) is -1.86. The Morgan fingerprint density at radius 1 is 1.11 bits per heavy atom. The molecule has 0 aliphatic rings. The molecular formula is C13H9ClFNO3. The third-order valence-corrected chi connectivity index (χ3v) is 2.58. The van der Waals surface area contributed by atoms with E-state index in [9.17, 15) is 19.4 Å². The maximum absolute atomic E-state index is 13.5. The number of aromatic hydroxyl groups is 2. The second-order valence-corrected chi connectivity index (χ2v) is 4.25. The van der Waals surface area contributed by atoms with Gasteiger partial charge in [-0.3, -0.25) is 4.79 Å². The Hall–Kier alpha value is -2.27. The molecule has 0 bridgehead atoms. The Bertz CT molecular complexity index is 626. The molecule has 3 N–H and O–H groups in total. The zero-order valence-corrected chi connectivity index (χ0v) is 10.3. The van der Waals surface area contributed by atoms with E-state index in [0.29, 0.717) is 0 Å². The highest BCUT2D eigenvalue weighted by Crippen LogP contribution is 2.23. The number of phenolic OH excluding ortho intramolecular Hbond substituents is 2. The summed E-state index contributed by atoms with van der Waals surface area (Å²) in [7, 11) is 0. The van der Waals surface area contributed by atoms with E-state index >= 15 is 0 Å². The Morgan fingerprint density at radius 2 is 1.74 bits per heavy atom. The molecule has 2 rings (SSSR count). The van der Waals surface area contributed by atoms with Crippen molar-refractivity contribution in [3.05, 3.63) is 52.8 Å². The third kappa shape index (κ3) is 3.14. The monoisotopic (exact) mass is 281 g/mol. The Kier molecular flexibility index (Phi) is 3.57. The lowest BCUT2D eigenvalue weighted by Gasteiger charge is -2.07. The largest absolute Gasteiger partial charge is 0.508 e. The highest BCUT2D eigenvalue weighted by Gasteiger charge is 2.11. The van der Waals surface area contributed by atoms with Gasteiger partial charge in [-0.05, 0) is 30.3 Å². The van der Waals surface area contributed by atoms with Crippen LogP contribution in [0.15, 0.2) is 36.4 Å². The molecule has 98 valence electrons. The van der Waals surface area contributed by atoms with E-state index < -0.39 is 11.7 Å². The predicted octanol–water partition coefficient (Wildman–Crippen LogP) is 3.14. The number of anilines is 1. The zero-order valence-electron chi connectivity index (χ0n) is 9.52. The van der Waals surface area contributed by atoms with Gasteiger partial charge in [0.1, 0.15) is 17.3 Å². The number of carbonyl (C=O) groups is 1. The second kappa shape index (κ2) is 5.16. The van der Waals surface area contributed by atoms with Crippen LogP contribution in [0.3, 0.4) is 0 Å². The van der Waals surface area contributed by atoms with Gasteiger partial charge in [-0.2, -0.15) is 0 Å². The van der Waals surface area contributed by atoms with Crippen molar-refractivity contribution in [1.29, 1.82) is 0 Å². The summed E-state index contributed by atoms with van der Waals surface area (Å²) in [5.41, 5.74) is -0.0379. The highest BCUT2D eigenvalue weighted by molar-refractivity contribution is 6.30. The van der Waals surface area contributed by atoms with Crippen molar-refractivity contribution in [3.63, 3.8) is 0 Å². The van der Waals surface area contributed by atoms with Crippen molar-refractivity contribution >= 4 is 23.2 Å². The van der Waals surface area contributed by atoms with Gasteiger partial charge in [0.2, 0.25) is 0 Å². The molecule has 2 aromatic rings. The fraction of sp³-hybridized carbons (Fsp3) is 0. The molecule has 0 saturated carbocycles. The summed E-state index contributed by atoms with van der Waals surface area (Å²) in [4.78, 5) is 11.8. The van der Waals surface area contributed by atoms with Gasteiger partial charge in [0.15, 0.2) is 0 Å². The van der Waals surface area contributed by atoms with Crippen LogP contribution >= 0.6 is 11.6 Å². The molecule has 6 heteroatoms. The number of hydrogen-bond acceptors (Lipinski definition) is 3. The summed E-state index contributed by atoms with van der Waals surface area (Å²) < 4.78 is 13.5. The van der Waals surface area contributed by atoms with Crippen LogP contribution in [0.4, 0.5) is 10.1 Å². The van der Waals surface area contributed by atoms with Crippen molar-refractivity contribution in [3.8, 4) is 11.5 Å². The van der Waals surface area contributed by atoms with Crippen LogP contribution < -0.4 is 5.32 Å². The minimum Gasteiger partial charge on any atom is -0.508 e. The van der Waals surface area contributed by atoms with Crippen LogP contribution in [-0.4, -0.2) is 16.1 Å². The molecule has 0 unspecified atom stereocenters. The average molecular weight is 282 g/mol. The van der Waals surface area contributed by atoms with Crippen LogP contribution in [0.25, 0.3) is 0 Å². The molecule has 1 amide bonds.